The van der Waals surface area contributed by atoms with E-state index in [-0.39, 0.29) is 35.6 Å². The molecule has 24 heavy (non-hydrogen) atoms. The molecule has 2 aliphatic heterocycles. The van der Waals surface area contributed by atoms with Crippen LogP contribution in [0.1, 0.15) is 44.9 Å². The lowest BCUT2D eigenvalue weighted by Crippen LogP contribution is -2.38. The summed E-state index contributed by atoms with van der Waals surface area (Å²) in [5.74, 6) is 0.163. The van der Waals surface area contributed by atoms with Crippen LogP contribution in [0.25, 0.3) is 0 Å². The molecule has 2 saturated heterocycles. The zero-order chi connectivity index (χ0) is 17.8. The average Bonchev–Trinajstić information content (AvgIpc) is 2.91. The highest BCUT2D eigenvalue weighted by molar-refractivity contribution is 7.91. The van der Waals surface area contributed by atoms with Crippen molar-refractivity contribution in [3.63, 3.8) is 0 Å². The highest BCUT2D eigenvalue weighted by atomic mass is 32.2. The van der Waals surface area contributed by atoms with Gasteiger partial charge in [0.2, 0.25) is 15.9 Å². The fourth-order valence-corrected chi connectivity index (χ4v) is 6.71. The number of sulfonamides is 1. The minimum absolute atomic E-state index is 0.0403. The third-order valence-electron chi connectivity index (χ3n) is 4.90. The van der Waals surface area contributed by atoms with Crippen LogP contribution in [0, 0.1) is 0 Å². The van der Waals surface area contributed by atoms with Gasteiger partial charge >= 0.3 is 0 Å². The van der Waals surface area contributed by atoms with Crippen LogP contribution in [0.5, 0.6) is 0 Å². The van der Waals surface area contributed by atoms with Gasteiger partial charge in [-0.05, 0) is 32.1 Å². The van der Waals surface area contributed by atoms with Gasteiger partial charge in [0.05, 0.1) is 17.3 Å². The van der Waals surface area contributed by atoms with Crippen LogP contribution < -0.4 is 0 Å². The highest BCUT2D eigenvalue weighted by Gasteiger charge is 2.32. The molecule has 0 bridgehead atoms. The number of carbonyl (C=O) groups excluding carboxylic acids is 1. The Hall–Kier alpha value is -0.670. The number of nitrogens with zero attached hydrogens (tertiary/aromatic N) is 2. The lowest BCUT2D eigenvalue weighted by atomic mass is 10.2. The predicted octanol–water partition coefficient (Wildman–Crippen LogP) is 0.618. The molecule has 1 unspecified atom stereocenters. The van der Waals surface area contributed by atoms with Gasteiger partial charge in [-0.25, -0.2) is 21.1 Å². The van der Waals surface area contributed by atoms with Crippen molar-refractivity contribution in [1.29, 1.82) is 0 Å². The lowest BCUT2D eigenvalue weighted by Gasteiger charge is -2.26. The van der Waals surface area contributed by atoms with Crippen molar-refractivity contribution in [2.75, 3.05) is 37.4 Å². The Balaban J connectivity index is 1.70. The van der Waals surface area contributed by atoms with E-state index in [2.05, 4.69) is 0 Å². The number of amides is 1. The summed E-state index contributed by atoms with van der Waals surface area (Å²) in [5, 5.41) is 0. The van der Waals surface area contributed by atoms with Crippen LogP contribution in [0.2, 0.25) is 0 Å². The van der Waals surface area contributed by atoms with E-state index in [1.165, 1.54) is 4.90 Å². The second-order valence-corrected chi connectivity index (χ2v) is 11.1. The number of sulfone groups is 1. The molecular weight excluding hydrogens is 352 g/mol. The summed E-state index contributed by atoms with van der Waals surface area (Å²) in [6, 6.07) is -0.236. The van der Waals surface area contributed by atoms with Crippen LogP contribution >= 0.6 is 0 Å². The Bertz CT molecular complexity index is 639. The first kappa shape index (κ1) is 19.7. The molecule has 0 spiro atoms. The van der Waals surface area contributed by atoms with Crippen molar-refractivity contribution in [3.05, 3.63) is 0 Å². The van der Waals surface area contributed by atoms with Gasteiger partial charge in [-0.2, -0.15) is 0 Å². The number of hydrogen-bond donors (Lipinski definition) is 0. The molecule has 0 aliphatic carbocycles. The lowest BCUT2D eigenvalue weighted by molar-refractivity contribution is -0.131. The van der Waals surface area contributed by atoms with Crippen molar-refractivity contribution >= 4 is 25.8 Å². The fraction of sp³-hybridized carbons (Fsp3) is 0.933. The zero-order valence-corrected chi connectivity index (χ0v) is 15.9. The number of rotatable bonds is 7. The molecule has 0 aromatic carbocycles. The molecule has 2 aliphatic rings. The summed E-state index contributed by atoms with van der Waals surface area (Å²) in [6.45, 7) is 1.22. The monoisotopic (exact) mass is 380 g/mol. The second-order valence-electron chi connectivity index (χ2n) is 6.79. The van der Waals surface area contributed by atoms with E-state index in [0.717, 1.165) is 19.3 Å². The van der Waals surface area contributed by atoms with E-state index in [9.17, 15) is 21.6 Å². The fourth-order valence-electron chi connectivity index (χ4n) is 3.29. The highest BCUT2D eigenvalue weighted by Crippen LogP contribution is 2.18. The molecule has 140 valence electrons. The van der Waals surface area contributed by atoms with Gasteiger partial charge in [-0.3, -0.25) is 4.79 Å². The standard InChI is InChI=1S/C15H28N2O5S2/c1-16(14-8-12-23(19,20)13-14)15(18)7-3-6-11-24(21,22)17-9-4-2-5-10-17/h14H,2-13H2,1H3. The average molecular weight is 381 g/mol. The Morgan fingerprint density at radius 3 is 2.42 bits per heavy atom. The molecule has 1 atom stereocenters. The van der Waals surface area contributed by atoms with Crippen molar-refractivity contribution in [3.8, 4) is 0 Å². The minimum atomic E-state index is -3.20. The molecule has 0 radical (unpaired) electrons. The van der Waals surface area contributed by atoms with E-state index in [1.807, 2.05) is 0 Å². The topological polar surface area (TPSA) is 91.8 Å². The number of hydrogen-bond acceptors (Lipinski definition) is 5. The number of carbonyl (C=O) groups is 1. The van der Waals surface area contributed by atoms with Crippen molar-refractivity contribution in [2.45, 2.75) is 51.0 Å². The summed E-state index contributed by atoms with van der Waals surface area (Å²) in [7, 11) is -4.58. The molecule has 2 rings (SSSR count). The predicted molar refractivity (Wildman–Crippen MR) is 92.9 cm³/mol. The van der Waals surface area contributed by atoms with Crippen molar-refractivity contribution in [2.24, 2.45) is 0 Å². The molecule has 0 aromatic rings. The van der Waals surface area contributed by atoms with Gasteiger partial charge in [-0.1, -0.05) is 6.42 Å². The number of piperidine rings is 1. The van der Waals surface area contributed by atoms with E-state index in [1.54, 1.807) is 11.4 Å². The Morgan fingerprint density at radius 2 is 1.83 bits per heavy atom. The van der Waals surface area contributed by atoms with Crippen LogP contribution in [0.3, 0.4) is 0 Å². The maximum Gasteiger partial charge on any atom is 0.222 e. The van der Waals surface area contributed by atoms with Crippen LogP contribution in [-0.4, -0.2) is 75.4 Å². The van der Waals surface area contributed by atoms with E-state index in [4.69, 9.17) is 0 Å². The van der Waals surface area contributed by atoms with E-state index >= 15 is 0 Å². The van der Waals surface area contributed by atoms with E-state index in [0.29, 0.717) is 32.4 Å². The first-order valence-corrected chi connectivity index (χ1v) is 12.1. The van der Waals surface area contributed by atoms with Gasteiger partial charge in [0.1, 0.15) is 0 Å². The molecule has 2 fully saturated rings. The molecule has 2 heterocycles. The Morgan fingerprint density at radius 1 is 1.17 bits per heavy atom. The van der Waals surface area contributed by atoms with Crippen molar-refractivity contribution < 1.29 is 21.6 Å². The molecule has 0 saturated carbocycles. The van der Waals surface area contributed by atoms with Crippen LogP contribution in [-0.2, 0) is 24.7 Å². The summed E-state index contributed by atoms with van der Waals surface area (Å²) in [6.07, 6.45) is 4.66. The first-order valence-electron chi connectivity index (χ1n) is 8.65. The third-order valence-corrected chi connectivity index (χ3v) is 8.61. The molecule has 7 nitrogen and oxygen atoms in total. The van der Waals surface area contributed by atoms with Crippen molar-refractivity contribution in [1.82, 2.24) is 9.21 Å². The van der Waals surface area contributed by atoms with Crippen LogP contribution in [0.4, 0.5) is 0 Å². The largest absolute Gasteiger partial charge is 0.342 e. The van der Waals surface area contributed by atoms with Gasteiger partial charge < -0.3 is 4.90 Å². The summed E-state index contributed by atoms with van der Waals surface area (Å²) in [5.41, 5.74) is 0. The molecule has 1 amide bonds. The molecular formula is C15H28N2O5S2. The summed E-state index contributed by atoms with van der Waals surface area (Å²) >= 11 is 0. The Kier molecular flexibility index (Phi) is 6.66. The Labute approximate surface area is 145 Å². The quantitative estimate of drug-likeness (QED) is 0.604. The van der Waals surface area contributed by atoms with Gasteiger partial charge in [0, 0.05) is 32.6 Å². The smallest absolute Gasteiger partial charge is 0.222 e. The van der Waals surface area contributed by atoms with Crippen LogP contribution in [0.15, 0.2) is 0 Å². The molecule has 0 N–H and O–H groups in total. The molecule has 0 aromatic heterocycles. The first-order chi connectivity index (χ1) is 11.2. The normalized spacial score (nSPS) is 24.8. The van der Waals surface area contributed by atoms with E-state index < -0.39 is 19.9 Å². The second kappa shape index (κ2) is 8.14. The molecule has 9 heteroatoms. The third kappa shape index (κ3) is 5.42. The minimum Gasteiger partial charge on any atom is -0.342 e. The van der Waals surface area contributed by atoms with Gasteiger partial charge in [0.25, 0.3) is 0 Å². The summed E-state index contributed by atoms with van der Waals surface area (Å²) < 4.78 is 48.9. The maximum atomic E-state index is 12.2. The SMILES string of the molecule is CN(C(=O)CCCCS(=O)(=O)N1CCCCC1)C1CCS(=O)(=O)C1. The summed E-state index contributed by atoms with van der Waals surface area (Å²) in [4.78, 5) is 13.7. The zero-order valence-electron chi connectivity index (χ0n) is 14.3. The van der Waals surface area contributed by atoms with Gasteiger partial charge in [-0.15, -0.1) is 0 Å². The van der Waals surface area contributed by atoms with Gasteiger partial charge in [0.15, 0.2) is 9.84 Å². The maximum absolute atomic E-state index is 12.2. The number of unbranched alkanes of at least 4 members (excludes halogenated alkanes) is 1.